The lowest BCUT2D eigenvalue weighted by atomic mass is 10.4. The van der Waals surface area contributed by atoms with E-state index in [-0.39, 0.29) is 5.85 Å². The SMILES string of the molecule is CCOC(=O)c1csc(C(OC)[P+](c2ccccc2)(c2ccccc2)c2ccccc2)n1. The van der Waals surface area contributed by atoms with Gasteiger partial charge in [-0.15, -0.1) is 11.3 Å². The molecule has 0 bridgehead atoms. The van der Waals surface area contributed by atoms with E-state index >= 15 is 0 Å². The molecule has 1 heterocycles. The van der Waals surface area contributed by atoms with Crippen molar-refractivity contribution < 1.29 is 14.3 Å². The summed E-state index contributed by atoms with van der Waals surface area (Å²) in [6.07, 6.45) is 0. The molecule has 0 N–H and O–H groups in total. The van der Waals surface area contributed by atoms with Crippen LogP contribution in [-0.2, 0) is 9.47 Å². The van der Waals surface area contributed by atoms with Gasteiger partial charge in [0.15, 0.2) is 10.7 Å². The zero-order valence-electron chi connectivity index (χ0n) is 18.0. The number of thiazole rings is 1. The Balaban J connectivity index is 1.99. The summed E-state index contributed by atoms with van der Waals surface area (Å²) in [7, 11) is -0.622. The van der Waals surface area contributed by atoms with Crippen LogP contribution < -0.4 is 15.9 Å². The van der Waals surface area contributed by atoms with Gasteiger partial charge in [-0.2, -0.15) is 0 Å². The monoisotopic (exact) mass is 462 g/mol. The molecule has 4 aromatic rings. The van der Waals surface area contributed by atoms with Crippen molar-refractivity contribution >= 4 is 40.5 Å². The Bertz CT molecular complexity index is 1050. The van der Waals surface area contributed by atoms with Crippen LogP contribution in [0.3, 0.4) is 0 Å². The van der Waals surface area contributed by atoms with Crippen LogP contribution in [0.4, 0.5) is 0 Å². The lowest BCUT2D eigenvalue weighted by Gasteiger charge is -2.32. The van der Waals surface area contributed by atoms with E-state index in [9.17, 15) is 4.79 Å². The van der Waals surface area contributed by atoms with E-state index in [2.05, 4.69) is 77.8 Å². The first-order valence-corrected chi connectivity index (χ1v) is 13.2. The second kappa shape index (κ2) is 10.2. The van der Waals surface area contributed by atoms with Crippen molar-refractivity contribution in [3.8, 4) is 0 Å². The van der Waals surface area contributed by atoms with Gasteiger partial charge in [-0.1, -0.05) is 54.6 Å². The maximum atomic E-state index is 12.3. The number of hydrogen-bond acceptors (Lipinski definition) is 5. The van der Waals surface area contributed by atoms with Crippen molar-refractivity contribution in [2.75, 3.05) is 13.7 Å². The highest BCUT2D eigenvalue weighted by Gasteiger charge is 2.55. The Morgan fingerprint density at radius 2 is 1.34 bits per heavy atom. The predicted octanol–water partition coefficient (Wildman–Crippen LogP) is 4.96. The van der Waals surface area contributed by atoms with E-state index in [0.717, 1.165) is 5.01 Å². The first-order valence-electron chi connectivity index (χ1n) is 10.4. The topological polar surface area (TPSA) is 48.4 Å². The molecule has 3 aromatic carbocycles. The average molecular weight is 463 g/mol. The first-order chi connectivity index (χ1) is 15.7. The molecule has 6 heteroatoms. The van der Waals surface area contributed by atoms with Crippen molar-refractivity contribution in [3.63, 3.8) is 0 Å². The molecule has 0 aliphatic carbocycles. The first kappa shape index (κ1) is 22.3. The number of benzene rings is 3. The molecule has 0 saturated carbocycles. The Labute approximate surface area is 193 Å². The number of ether oxygens (including phenoxy) is 2. The van der Waals surface area contributed by atoms with Gasteiger partial charge in [0.25, 0.3) is 0 Å². The maximum absolute atomic E-state index is 12.3. The lowest BCUT2D eigenvalue weighted by Crippen LogP contribution is -2.36. The van der Waals surface area contributed by atoms with E-state index in [1.165, 1.54) is 27.3 Å². The van der Waals surface area contributed by atoms with E-state index < -0.39 is 13.2 Å². The van der Waals surface area contributed by atoms with Crippen LogP contribution in [0.25, 0.3) is 0 Å². The van der Waals surface area contributed by atoms with Crippen molar-refractivity contribution in [2.45, 2.75) is 12.8 Å². The molecular formula is C26H25NO3PS+. The average Bonchev–Trinajstić information content (AvgIpc) is 3.34. The zero-order chi connectivity index (χ0) is 22.4. The van der Waals surface area contributed by atoms with Crippen LogP contribution in [0, 0.1) is 0 Å². The molecule has 1 aromatic heterocycles. The van der Waals surface area contributed by atoms with Gasteiger partial charge in [0.1, 0.15) is 23.2 Å². The summed E-state index contributed by atoms with van der Waals surface area (Å²) in [5.74, 6) is -0.768. The standard InChI is InChI=1S/C26H25NO3PS/c1-3-30-25(28)23-19-32-24(27-23)26(29-2)31(20-13-7-4-8-14-20,21-15-9-5-10-16-21)22-17-11-6-12-18-22/h4-19,26H,3H2,1-2H3/q+1. The number of methoxy groups -OCH3 is 1. The minimum absolute atomic E-state index is 0.314. The Hall–Kier alpha value is -2.85. The fraction of sp³-hybridized carbons (Fsp3) is 0.154. The molecular weight excluding hydrogens is 437 g/mol. The van der Waals surface area contributed by atoms with E-state index in [1.807, 2.05) is 18.2 Å². The number of carbonyl (C=O) groups excluding carboxylic acids is 1. The van der Waals surface area contributed by atoms with Crippen molar-refractivity contribution in [2.24, 2.45) is 0 Å². The molecule has 0 radical (unpaired) electrons. The summed E-state index contributed by atoms with van der Waals surface area (Å²) in [6.45, 7) is 2.11. The normalized spacial score (nSPS) is 12.3. The fourth-order valence-electron chi connectivity index (χ4n) is 3.97. The second-order valence-electron chi connectivity index (χ2n) is 7.11. The van der Waals surface area contributed by atoms with Crippen LogP contribution in [-0.4, -0.2) is 24.7 Å². The lowest BCUT2D eigenvalue weighted by molar-refractivity contribution is 0.0519. The van der Waals surface area contributed by atoms with Crippen LogP contribution in [0.5, 0.6) is 0 Å². The smallest absolute Gasteiger partial charge is 0.357 e. The molecule has 162 valence electrons. The van der Waals surface area contributed by atoms with Crippen molar-refractivity contribution in [1.82, 2.24) is 4.98 Å². The van der Waals surface area contributed by atoms with Crippen LogP contribution in [0.2, 0.25) is 0 Å². The quantitative estimate of drug-likeness (QED) is 0.274. The molecule has 0 saturated heterocycles. The fourth-order valence-corrected chi connectivity index (χ4v) is 9.71. The van der Waals surface area contributed by atoms with E-state index in [1.54, 1.807) is 19.4 Å². The highest BCUT2D eigenvalue weighted by Crippen LogP contribution is 2.67. The number of aromatic nitrogens is 1. The molecule has 4 nitrogen and oxygen atoms in total. The summed E-state index contributed by atoms with van der Waals surface area (Å²) in [5, 5.41) is 6.10. The van der Waals surface area contributed by atoms with Gasteiger partial charge in [-0.3, -0.25) is 0 Å². The van der Waals surface area contributed by atoms with E-state index in [0.29, 0.717) is 12.3 Å². The number of esters is 1. The molecule has 1 unspecified atom stereocenters. The number of rotatable bonds is 8. The van der Waals surface area contributed by atoms with Gasteiger partial charge in [0.05, 0.1) is 6.61 Å². The third kappa shape index (κ3) is 4.12. The predicted molar refractivity (Wildman–Crippen MR) is 133 cm³/mol. The van der Waals surface area contributed by atoms with Gasteiger partial charge in [0.2, 0.25) is 5.85 Å². The third-order valence-electron chi connectivity index (χ3n) is 5.28. The summed E-state index contributed by atoms with van der Waals surface area (Å²) < 4.78 is 11.4. The Morgan fingerprint density at radius 1 is 0.875 bits per heavy atom. The van der Waals surface area contributed by atoms with E-state index in [4.69, 9.17) is 9.47 Å². The van der Waals surface area contributed by atoms with Crippen LogP contribution in [0.1, 0.15) is 28.3 Å². The molecule has 1 atom stereocenters. The summed E-state index contributed by atoms with van der Waals surface area (Å²) in [4.78, 5) is 17.0. The van der Waals surface area contributed by atoms with Gasteiger partial charge in [0, 0.05) is 12.5 Å². The van der Waals surface area contributed by atoms with Crippen molar-refractivity contribution in [1.29, 1.82) is 0 Å². The molecule has 0 spiro atoms. The second-order valence-corrected chi connectivity index (χ2v) is 11.5. The molecule has 0 amide bonds. The molecule has 32 heavy (non-hydrogen) atoms. The Morgan fingerprint density at radius 3 is 1.75 bits per heavy atom. The summed E-state index contributed by atoms with van der Waals surface area (Å²) >= 11 is 1.44. The van der Waals surface area contributed by atoms with Crippen LogP contribution in [0.15, 0.2) is 96.4 Å². The van der Waals surface area contributed by atoms with Gasteiger partial charge in [-0.25, -0.2) is 9.78 Å². The molecule has 0 aliphatic rings. The largest absolute Gasteiger partial charge is 0.461 e. The molecule has 0 aliphatic heterocycles. The third-order valence-corrected chi connectivity index (χ3v) is 10.8. The zero-order valence-corrected chi connectivity index (χ0v) is 19.8. The van der Waals surface area contributed by atoms with Crippen LogP contribution >= 0.6 is 18.6 Å². The maximum Gasteiger partial charge on any atom is 0.357 e. The Kier molecular flexibility index (Phi) is 7.11. The number of hydrogen-bond donors (Lipinski definition) is 0. The minimum atomic E-state index is -2.34. The highest BCUT2D eigenvalue weighted by molar-refractivity contribution is 7.95. The van der Waals surface area contributed by atoms with Gasteiger partial charge < -0.3 is 9.47 Å². The summed E-state index contributed by atoms with van der Waals surface area (Å²) in [6, 6.07) is 31.5. The number of carbonyl (C=O) groups is 1. The molecule has 0 fully saturated rings. The molecule has 4 rings (SSSR count). The number of nitrogens with zero attached hydrogens (tertiary/aromatic N) is 1. The van der Waals surface area contributed by atoms with Gasteiger partial charge in [-0.05, 0) is 43.3 Å². The van der Waals surface area contributed by atoms with Crippen molar-refractivity contribution in [3.05, 3.63) is 107 Å². The highest BCUT2D eigenvalue weighted by atomic mass is 32.1. The van der Waals surface area contributed by atoms with Gasteiger partial charge >= 0.3 is 5.97 Å². The minimum Gasteiger partial charge on any atom is -0.461 e. The summed E-state index contributed by atoms with van der Waals surface area (Å²) in [5.41, 5.74) is 0.321.